The van der Waals surface area contributed by atoms with Crippen LogP contribution in [0.5, 0.6) is 11.5 Å². The molecule has 2 aromatic heterocycles. The molecule has 4 aromatic rings. The monoisotopic (exact) mass is 611 g/mol. The van der Waals surface area contributed by atoms with Gasteiger partial charge in [-0.2, -0.15) is 0 Å². The highest BCUT2D eigenvalue weighted by molar-refractivity contribution is 8.26. The Hall–Kier alpha value is -4.19. The van der Waals surface area contributed by atoms with E-state index in [1.54, 1.807) is 21.6 Å². The minimum Gasteiger partial charge on any atom is -0.454 e. The highest BCUT2D eigenvalue weighted by Gasteiger charge is 2.33. The highest BCUT2D eigenvalue weighted by Crippen LogP contribution is 2.35. The minimum absolute atomic E-state index is 0.202. The zero-order valence-corrected chi connectivity index (χ0v) is 25.2. The minimum atomic E-state index is -0.209. The topological polar surface area (TPSA) is 79.6 Å². The molecule has 0 saturated carbocycles. The number of nitrogens with zero attached hydrogens (tertiary/aromatic N) is 5. The zero-order valence-electron chi connectivity index (χ0n) is 23.6. The van der Waals surface area contributed by atoms with Gasteiger partial charge in [0.15, 0.2) is 11.5 Å². The van der Waals surface area contributed by atoms with E-state index in [9.17, 15) is 9.59 Å². The van der Waals surface area contributed by atoms with Gasteiger partial charge in [-0.05, 0) is 47.9 Å². The Bertz CT molecular complexity index is 1830. The molecule has 0 unspecified atom stereocenters. The van der Waals surface area contributed by atoms with E-state index in [1.165, 1.54) is 11.8 Å². The molecule has 1 amide bonds. The summed E-state index contributed by atoms with van der Waals surface area (Å²) in [5, 5.41) is 0. The van der Waals surface area contributed by atoms with E-state index in [2.05, 4.69) is 15.9 Å². The molecule has 0 spiro atoms. The Morgan fingerprint density at radius 1 is 0.930 bits per heavy atom. The van der Waals surface area contributed by atoms with Gasteiger partial charge in [-0.15, -0.1) is 0 Å². The number of ether oxygens (including phenoxy) is 2. The van der Waals surface area contributed by atoms with Crippen LogP contribution in [0.4, 0.5) is 5.82 Å². The predicted molar refractivity (Wildman–Crippen MR) is 171 cm³/mol. The number of piperazine rings is 1. The smallest absolute Gasteiger partial charge is 0.267 e. The zero-order chi connectivity index (χ0) is 29.5. The van der Waals surface area contributed by atoms with Crippen LogP contribution in [0.3, 0.4) is 0 Å². The first-order valence-corrected chi connectivity index (χ1v) is 15.3. The molecule has 3 aliphatic rings. The Kier molecular flexibility index (Phi) is 7.38. The number of fused-ring (bicyclic) bond motifs is 2. The molecule has 0 atom stereocenters. The number of anilines is 1. The van der Waals surface area contributed by atoms with Crippen LogP contribution in [0.1, 0.15) is 22.3 Å². The number of carbonyl (C=O) groups excluding carboxylic acids is 1. The molecule has 0 radical (unpaired) electrons. The van der Waals surface area contributed by atoms with Gasteiger partial charge < -0.3 is 14.4 Å². The van der Waals surface area contributed by atoms with Crippen molar-refractivity contribution in [1.82, 2.24) is 19.2 Å². The Labute approximate surface area is 258 Å². The maximum absolute atomic E-state index is 13.9. The maximum Gasteiger partial charge on any atom is 0.267 e. The molecule has 2 saturated heterocycles. The summed E-state index contributed by atoms with van der Waals surface area (Å²) in [5.74, 6) is 1.95. The lowest BCUT2D eigenvalue weighted by molar-refractivity contribution is -0.122. The normalized spacial score (nSPS) is 17.9. The number of pyridine rings is 1. The van der Waals surface area contributed by atoms with E-state index in [0.717, 1.165) is 47.8 Å². The third-order valence-electron chi connectivity index (χ3n) is 7.91. The van der Waals surface area contributed by atoms with E-state index in [4.69, 9.17) is 26.7 Å². The van der Waals surface area contributed by atoms with Gasteiger partial charge in [0, 0.05) is 38.9 Å². The molecule has 0 bridgehead atoms. The third-order valence-corrected chi connectivity index (χ3v) is 9.29. The molecule has 5 heterocycles. The summed E-state index contributed by atoms with van der Waals surface area (Å²) in [6, 6.07) is 19.6. The van der Waals surface area contributed by atoms with Crippen molar-refractivity contribution in [3.8, 4) is 11.5 Å². The molecule has 11 heteroatoms. The average molecular weight is 612 g/mol. The van der Waals surface area contributed by atoms with Crippen molar-refractivity contribution in [1.29, 1.82) is 0 Å². The molecule has 3 aliphatic heterocycles. The van der Waals surface area contributed by atoms with Crippen molar-refractivity contribution in [3.05, 3.63) is 104 Å². The summed E-state index contributed by atoms with van der Waals surface area (Å²) < 4.78 is 13.0. The first kappa shape index (κ1) is 27.6. The van der Waals surface area contributed by atoms with Crippen LogP contribution in [0.25, 0.3) is 11.7 Å². The van der Waals surface area contributed by atoms with E-state index < -0.39 is 0 Å². The quantitative estimate of drug-likeness (QED) is 0.232. The Morgan fingerprint density at radius 3 is 2.53 bits per heavy atom. The number of amides is 1. The summed E-state index contributed by atoms with van der Waals surface area (Å²) in [6.07, 6.45) is 3.41. The molecule has 2 fully saturated rings. The average Bonchev–Trinajstić information content (AvgIpc) is 3.59. The number of aryl methyl sites for hydroxylation is 1. The standard InChI is InChI=1S/C32H29N5O4S2/c1-21-6-5-11-36-28(21)33-29(35-14-12-34(13-15-35)18-23-9-10-25-26(16-23)41-20-40-25)24(30(36)38)17-27-31(39)37(32(42)43-27)19-22-7-3-2-4-8-22/h2-11,16-17H,12-15,18-20H2,1H3. The van der Waals surface area contributed by atoms with Crippen LogP contribution in [-0.4, -0.2) is 62.4 Å². The fourth-order valence-electron chi connectivity index (χ4n) is 5.62. The number of hydrogen-bond acceptors (Lipinski definition) is 9. The van der Waals surface area contributed by atoms with Crippen molar-refractivity contribution < 1.29 is 14.3 Å². The first-order chi connectivity index (χ1) is 20.9. The Morgan fingerprint density at radius 2 is 1.72 bits per heavy atom. The molecule has 43 heavy (non-hydrogen) atoms. The van der Waals surface area contributed by atoms with Crippen molar-refractivity contribution in [2.45, 2.75) is 20.0 Å². The third kappa shape index (κ3) is 5.39. The van der Waals surface area contributed by atoms with Crippen molar-refractivity contribution in [3.63, 3.8) is 0 Å². The van der Waals surface area contributed by atoms with Gasteiger partial charge in [-0.25, -0.2) is 4.98 Å². The number of thioether (sulfide) groups is 1. The second-order valence-electron chi connectivity index (χ2n) is 10.7. The molecule has 0 N–H and O–H groups in total. The van der Waals surface area contributed by atoms with Gasteiger partial charge in [0.1, 0.15) is 15.8 Å². The summed E-state index contributed by atoms with van der Waals surface area (Å²) >= 11 is 6.81. The molecular weight excluding hydrogens is 583 g/mol. The van der Waals surface area contributed by atoms with Crippen LogP contribution in [0.15, 0.2) is 76.6 Å². The molecule has 2 aromatic carbocycles. The van der Waals surface area contributed by atoms with Crippen LogP contribution < -0.4 is 19.9 Å². The first-order valence-electron chi connectivity index (χ1n) is 14.1. The van der Waals surface area contributed by atoms with E-state index >= 15 is 0 Å². The van der Waals surface area contributed by atoms with Gasteiger partial charge in [-0.1, -0.05) is 66.4 Å². The summed E-state index contributed by atoms with van der Waals surface area (Å²) in [5.41, 5.74) is 3.85. The van der Waals surface area contributed by atoms with Crippen LogP contribution in [0.2, 0.25) is 0 Å². The predicted octanol–water partition coefficient (Wildman–Crippen LogP) is 4.46. The highest BCUT2D eigenvalue weighted by atomic mass is 32.2. The lowest BCUT2D eigenvalue weighted by Crippen LogP contribution is -2.47. The summed E-state index contributed by atoms with van der Waals surface area (Å²) in [7, 11) is 0. The molecular formula is C32H29N5O4S2. The van der Waals surface area contributed by atoms with Crippen LogP contribution in [-0.2, 0) is 17.9 Å². The van der Waals surface area contributed by atoms with Crippen LogP contribution in [0, 0.1) is 6.92 Å². The van der Waals surface area contributed by atoms with Gasteiger partial charge in [-0.3, -0.25) is 23.8 Å². The van der Waals surface area contributed by atoms with E-state index in [-0.39, 0.29) is 18.3 Å². The van der Waals surface area contributed by atoms with Gasteiger partial charge in [0.05, 0.1) is 17.0 Å². The molecule has 7 rings (SSSR count). The molecule has 218 valence electrons. The maximum atomic E-state index is 13.9. The van der Waals surface area contributed by atoms with E-state index in [1.807, 2.05) is 61.5 Å². The number of benzene rings is 2. The molecule has 0 aliphatic carbocycles. The van der Waals surface area contributed by atoms with Crippen LogP contribution >= 0.6 is 24.0 Å². The second kappa shape index (κ2) is 11.5. The number of rotatable bonds is 6. The van der Waals surface area contributed by atoms with Gasteiger partial charge >= 0.3 is 0 Å². The number of hydrogen-bond donors (Lipinski definition) is 0. The van der Waals surface area contributed by atoms with Gasteiger partial charge in [0.25, 0.3) is 11.5 Å². The lowest BCUT2D eigenvalue weighted by atomic mass is 10.1. The van der Waals surface area contributed by atoms with Gasteiger partial charge in [0.2, 0.25) is 6.79 Å². The van der Waals surface area contributed by atoms with Crippen molar-refractivity contribution >= 4 is 51.7 Å². The number of thiocarbonyl (C=S) groups is 1. The molecule has 9 nitrogen and oxygen atoms in total. The SMILES string of the molecule is Cc1cccn2c(=O)c(C=C3SC(=S)N(Cc4ccccc4)C3=O)c(N3CCN(Cc4ccc5c(c4)OCO5)CC3)nc12. The number of aromatic nitrogens is 2. The van der Waals surface area contributed by atoms with Crippen molar-refractivity contribution in [2.75, 3.05) is 37.9 Å². The summed E-state index contributed by atoms with van der Waals surface area (Å²) in [4.78, 5) is 39.0. The fourth-order valence-corrected chi connectivity index (χ4v) is 6.85. The van der Waals surface area contributed by atoms with Crippen molar-refractivity contribution in [2.24, 2.45) is 0 Å². The Balaban J connectivity index is 1.17. The van der Waals surface area contributed by atoms with E-state index in [0.29, 0.717) is 45.9 Å². The number of carbonyl (C=O) groups is 1. The lowest BCUT2D eigenvalue weighted by Gasteiger charge is -2.36. The fraction of sp³-hybridized carbons (Fsp3) is 0.250. The largest absolute Gasteiger partial charge is 0.454 e. The summed E-state index contributed by atoms with van der Waals surface area (Å²) in [6.45, 7) is 6.34. The second-order valence-corrected chi connectivity index (χ2v) is 12.4.